The van der Waals surface area contributed by atoms with Gasteiger partial charge in [0.1, 0.15) is 127 Å². The third-order valence-electron chi connectivity index (χ3n) is 20.9. The largest absolute Gasteiger partial charge is 0.780 e. The van der Waals surface area contributed by atoms with Crippen molar-refractivity contribution < 1.29 is 117 Å². The molecule has 7 aliphatic heterocycles. The molecule has 0 saturated carbocycles. The van der Waals surface area contributed by atoms with Crippen LogP contribution in [0.4, 0.5) is 29.2 Å². The minimum absolute atomic E-state index is 0.0567. The summed E-state index contributed by atoms with van der Waals surface area (Å²) in [4.78, 5) is 129. The van der Waals surface area contributed by atoms with Gasteiger partial charge >= 0.3 is 11.4 Å². The van der Waals surface area contributed by atoms with E-state index in [1.54, 1.807) is 25.3 Å². The van der Waals surface area contributed by atoms with E-state index in [1.807, 2.05) is 0 Å². The Bertz CT molecular complexity index is 5450. The van der Waals surface area contributed by atoms with Crippen LogP contribution in [0, 0.1) is 13.8 Å². The lowest BCUT2D eigenvalue weighted by Crippen LogP contribution is -2.52. The van der Waals surface area contributed by atoms with Crippen molar-refractivity contribution in [3.05, 3.63) is 86.5 Å². The number of aromatic nitrogens is 16. The highest BCUT2D eigenvalue weighted by molar-refractivity contribution is 8.32. The third kappa shape index (κ3) is 16.5. The Balaban J connectivity index is 0.706. The quantitative estimate of drug-likeness (QED) is 0.0127. The number of aliphatic hydroxyl groups excluding tert-OH is 1. The molecule has 7 saturated heterocycles. The van der Waals surface area contributed by atoms with E-state index in [1.165, 1.54) is 68.6 Å². The topological polar surface area (TPSA) is 650 Å². The second kappa shape index (κ2) is 33.3. The van der Waals surface area contributed by atoms with E-state index in [-0.39, 0.29) is 84.4 Å². The molecule has 0 radical (unpaired) electrons. The number of ether oxygens (including phenoxy) is 11. The van der Waals surface area contributed by atoms with Gasteiger partial charge in [-0.05, 0) is 34.1 Å². The van der Waals surface area contributed by atoms with E-state index in [0.29, 0.717) is 28.7 Å². The maximum absolute atomic E-state index is 15.4. The highest BCUT2D eigenvalue weighted by Gasteiger charge is 2.70. The number of imidazole rings is 3. The van der Waals surface area contributed by atoms with Gasteiger partial charge in [0.05, 0.1) is 96.3 Å². The third-order valence-corrected chi connectivity index (χ3v) is 26.5. The number of methoxy groups -OCH3 is 2. The number of nitrogens with one attached hydrogen (secondary N) is 1. The van der Waals surface area contributed by atoms with Crippen molar-refractivity contribution in [2.45, 2.75) is 175 Å². The standard InChI is InChI=1S/C61H83N21O28P4S3/c1-8-29-30(13-33(102-29)80-22-71-34-47(64)67-20-69-49(34)80)107-114(91,117)99-19-61-28(5)100-41(55(105-61)79-15-26(3)46(63)75-59(79)86)43(61)109-111(87,88)98-18-60-27(4)101-42(56(106-60)81-23-72-35-48(65)68-21-70-50(35)81)44(60)110-113(90,116)97-17-32-38(40(95-12-10-93-7)54(104-32)82-24-73-36-51(82)76-57(66)77-52(36)84)108-112(89,115)96-16-31-37(83)39(94-11-9-92-6)53(103-31)78-14-25(2)45(62)74-58(78)85/h14-15,20-24,27-33,37-44,53-56,83H,8-13,16-19H2,1-7H3,(H,87,88)(H,89,115)(H,90,116)(H,91,117)(H2,62,74,85)(H2,63,75,86)(H2,64,67,69)(H2,65,68,70)(H3,66,76,77,84)/p-4/t27-,28-,29+,30?,31+,32+,33+,37?,38?,39-,40-,41-,42-,43?,44?,53+,54+,55+,56+,60-,61-,112?,113?,114?/m0/s1. The Morgan fingerprint density at radius 3 is 1.70 bits per heavy atom. The molecular weight excluding hydrogens is 1690 g/mol. The zero-order valence-corrected chi connectivity index (χ0v) is 68.7. The van der Waals surface area contributed by atoms with Crippen molar-refractivity contribution >= 4 is 127 Å². The molecule has 7 aliphatic rings. The van der Waals surface area contributed by atoms with Gasteiger partial charge in [-0.2, -0.15) is 15.0 Å². The minimum atomic E-state index is -5.93. The second-order valence-electron chi connectivity index (χ2n) is 28.1. The lowest BCUT2D eigenvalue weighted by molar-refractivity contribution is -0.253. The van der Waals surface area contributed by atoms with Crippen LogP contribution in [0.3, 0.4) is 0 Å². The number of aliphatic hydroxyl groups is 1. The Morgan fingerprint density at radius 2 is 1.09 bits per heavy atom. The van der Waals surface area contributed by atoms with Crippen LogP contribution in [0.25, 0.3) is 33.5 Å². The van der Waals surface area contributed by atoms with Crippen molar-refractivity contribution in [2.24, 2.45) is 0 Å². The fraction of sp³-hybridized carbons (Fsp3) is 0.623. The van der Waals surface area contributed by atoms with Crippen molar-refractivity contribution in [1.29, 1.82) is 0 Å². The molecule has 8 aromatic heterocycles. The number of aromatic amines is 1. The van der Waals surface area contributed by atoms with Crippen LogP contribution in [0.1, 0.15) is 75.9 Å². The Hall–Kier alpha value is -6.60. The molecule has 56 heteroatoms. The summed E-state index contributed by atoms with van der Waals surface area (Å²) in [6.45, 7) is -11.1. The Morgan fingerprint density at radius 1 is 0.581 bits per heavy atom. The van der Waals surface area contributed by atoms with Crippen molar-refractivity contribution in [3.63, 3.8) is 0 Å². The molecule has 117 heavy (non-hydrogen) atoms. The van der Waals surface area contributed by atoms with Crippen LogP contribution < -0.4 is 60.3 Å². The number of anilines is 5. The smallest absolute Gasteiger partial charge is 0.351 e. The number of phosphoric acid groups is 1. The maximum atomic E-state index is 15.4. The molecule has 15 rings (SSSR count). The number of H-pyrrole nitrogens is 1. The van der Waals surface area contributed by atoms with E-state index < -0.39 is 199 Å². The van der Waals surface area contributed by atoms with Gasteiger partial charge in [0.2, 0.25) is 5.95 Å². The van der Waals surface area contributed by atoms with E-state index >= 15 is 14.0 Å². The summed E-state index contributed by atoms with van der Waals surface area (Å²) in [6, 6.07) is 0. The molecule has 4 bridgehead atoms. The van der Waals surface area contributed by atoms with E-state index in [4.69, 9.17) is 153 Å². The van der Waals surface area contributed by atoms with Gasteiger partial charge in [-0.15, -0.1) is 0 Å². The Labute approximate surface area is 675 Å². The predicted molar refractivity (Wildman–Crippen MR) is 402 cm³/mol. The maximum Gasteiger partial charge on any atom is 0.351 e. The van der Waals surface area contributed by atoms with E-state index in [9.17, 15) is 29.3 Å². The lowest BCUT2D eigenvalue weighted by Gasteiger charge is -2.41. The lowest BCUT2D eigenvalue weighted by atomic mass is 9.94. The number of phosphoric ester groups is 1. The van der Waals surface area contributed by atoms with E-state index in [0.717, 1.165) is 21.8 Å². The molecule has 12 N–H and O–H groups in total. The SMILES string of the molecule is CC[C@H]1O[C@@H](n2cnc3c(N)ncnc32)CC1OP([O-])(=S)OC[C@]12O[C@@H](n3cc(C)c(N)nc3=O)[C@@H](O[C@H]1C)C2OP(=O)([O-])OC[C@]12O[C@@H](n3cnc4c(N)ncnc43)[C@@H](O[C@H]1C)C2OP(=O)([S-])OC[C@H]1O[C@@H](n2cnc3c(=O)[nH]c(N)nc32)[C@@H](OCCOC)C1OP([O-])(=S)OC[C@H]1O[C@@H](n2cc(C)c(N)nc2=O)[C@@H](OCCOC)C1O. The molecule has 15 heterocycles. The van der Waals surface area contributed by atoms with Gasteiger partial charge < -0.3 is 149 Å². The summed E-state index contributed by atoms with van der Waals surface area (Å²) in [5, 5.41) is 11.7. The molecule has 7 fully saturated rings. The summed E-state index contributed by atoms with van der Waals surface area (Å²) >= 11 is 16.8. The minimum Gasteiger partial charge on any atom is -0.780 e. The summed E-state index contributed by atoms with van der Waals surface area (Å²) in [5.41, 5.74) is 24.4. The summed E-state index contributed by atoms with van der Waals surface area (Å²) in [7, 11) is -3.14. The van der Waals surface area contributed by atoms with Crippen LogP contribution in [0.2, 0.25) is 0 Å². The number of nitrogens with zero attached hydrogens (tertiary/aromatic N) is 15. The number of hydrogen-bond acceptors (Lipinski definition) is 46. The number of fused-ring (bicyclic) bond motifs is 7. The van der Waals surface area contributed by atoms with Crippen LogP contribution >= 0.6 is 28.1 Å². The van der Waals surface area contributed by atoms with E-state index in [2.05, 4.69) is 54.8 Å². The van der Waals surface area contributed by atoms with Gasteiger partial charge in [-0.25, -0.2) is 44.5 Å². The number of rotatable bonds is 34. The first-order chi connectivity index (χ1) is 55.6. The number of nitrogens with two attached hydrogens (primary N) is 5. The molecule has 0 spiro atoms. The molecule has 49 nitrogen and oxygen atoms in total. The van der Waals surface area contributed by atoms with Gasteiger partial charge in [-0.3, -0.25) is 41.7 Å². The van der Waals surface area contributed by atoms with Crippen molar-refractivity contribution in [2.75, 3.05) is 95.7 Å². The Kier molecular flexibility index (Phi) is 24.3. The summed E-state index contributed by atoms with van der Waals surface area (Å²) < 4.78 is 153. The highest BCUT2D eigenvalue weighted by atomic mass is 32.7. The van der Waals surface area contributed by atoms with Gasteiger partial charge in [-0.1, -0.05) is 30.5 Å². The van der Waals surface area contributed by atoms with Crippen molar-refractivity contribution in [3.8, 4) is 0 Å². The first-order valence-electron chi connectivity index (χ1n) is 35.9. The number of hydrogen-bond donors (Lipinski definition) is 7. The number of aryl methyl sites for hydroxylation is 2. The number of nitrogen functional groups attached to an aromatic ring is 5. The molecular formula is C61H79N21O28P4S3-4. The van der Waals surface area contributed by atoms with Gasteiger partial charge in [0, 0.05) is 44.2 Å². The van der Waals surface area contributed by atoms with Crippen LogP contribution in [-0.2, 0) is 133 Å². The zero-order chi connectivity index (χ0) is 83.3. The highest BCUT2D eigenvalue weighted by Crippen LogP contribution is 2.62. The molecule has 25 atom stereocenters. The van der Waals surface area contributed by atoms with Gasteiger partial charge in [0.15, 0.2) is 65.8 Å². The molecule has 0 aliphatic carbocycles. The second-order valence-corrected chi connectivity index (χ2v) is 37.6. The predicted octanol–water partition coefficient (Wildman–Crippen LogP) is -2.23. The fourth-order valence-electron chi connectivity index (χ4n) is 15.1. The normalized spacial score (nSPS) is 32.9. The molecule has 0 aromatic carbocycles. The summed E-state index contributed by atoms with van der Waals surface area (Å²) in [6.07, 6.45) is -17.5. The van der Waals surface area contributed by atoms with Crippen LogP contribution in [0.5, 0.6) is 0 Å². The summed E-state index contributed by atoms with van der Waals surface area (Å²) in [5.74, 6) is -0.478. The first kappa shape index (κ1) is 85.4. The molecule has 9 unspecified atom stereocenters. The fourth-order valence-corrected chi connectivity index (χ4v) is 20.4. The molecule has 8 aromatic rings. The average Bonchev–Trinajstić information content (AvgIpc) is 1.55. The van der Waals surface area contributed by atoms with Crippen molar-refractivity contribution in [1.82, 2.24) is 77.7 Å². The molecule has 0 amide bonds. The van der Waals surface area contributed by atoms with Gasteiger partial charge in [0.25, 0.3) is 13.4 Å². The zero-order valence-electron chi connectivity index (χ0n) is 62.7. The monoisotopic (exact) mass is 1770 g/mol. The molecule has 638 valence electrons. The first-order valence-corrected chi connectivity index (χ1v) is 45.1. The van der Waals surface area contributed by atoms with Crippen LogP contribution in [0.15, 0.2) is 58.4 Å². The van der Waals surface area contributed by atoms with Crippen LogP contribution in [-0.4, -0.2) is 246 Å². The average molecular weight is 1770 g/mol.